The first-order chi connectivity index (χ1) is 8.58. The van der Waals surface area contributed by atoms with Gasteiger partial charge in [0.05, 0.1) is 11.1 Å². The molecule has 1 aliphatic heterocycles. The van der Waals surface area contributed by atoms with Crippen LogP contribution in [0.25, 0.3) is 0 Å². The maximum absolute atomic E-state index is 9.61. The van der Waals surface area contributed by atoms with Crippen LogP contribution < -0.4 is 0 Å². The highest BCUT2D eigenvalue weighted by Gasteiger charge is 2.18. The van der Waals surface area contributed by atoms with E-state index in [0.29, 0.717) is 16.6 Å². The van der Waals surface area contributed by atoms with Crippen molar-refractivity contribution in [1.29, 1.82) is 0 Å². The summed E-state index contributed by atoms with van der Waals surface area (Å²) in [6.45, 7) is 2.35. The lowest BCUT2D eigenvalue weighted by molar-refractivity contribution is 0.154. The number of aliphatic hydroxyl groups excluding tert-OH is 1. The van der Waals surface area contributed by atoms with Gasteiger partial charge in [0.1, 0.15) is 5.75 Å². The number of hydrogen-bond donors (Lipinski definition) is 2. The first kappa shape index (κ1) is 13.9. The minimum absolute atomic E-state index is 0.0610. The van der Waals surface area contributed by atoms with Crippen molar-refractivity contribution in [2.75, 3.05) is 13.1 Å². The molecule has 18 heavy (non-hydrogen) atoms. The van der Waals surface area contributed by atoms with Crippen molar-refractivity contribution in [3.8, 4) is 5.75 Å². The predicted octanol–water partition coefficient (Wildman–Crippen LogP) is 3.05. The van der Waals surface area contributed by atoms with Crippen LogP contribution in [0.4, 0.5) is 0 Å². The lowest BCUT2D eigenvalue weighted by atomic mass is 10.2. The minimum atomic E-state index is -0.204. The molecule has 0 aromatic heterocycles. The quantitative estimate of drug-likeness (QED) is 0.880. The standard InChI is InChI=1S/C13H17Cl2NO2/c14-11-3-4-12(18)13(15)10(11)8-16-6-1-2-9(17)5-7-16/h3-4,9,17-18H,1-2,5-8H2/t9-/m0/s1. The van der Waals surface area contributed by atoms with Gasteiger partial charge in [0.15, 0.2) is 0 Å². The lowest BCUT2D eigenvalue weighted by Gasteiger charge is -2.21. The number of halogens is 2. The van der Waals surface area contributed by atoms with E-state index in [0.717, 1.165) is 37.9 Å². The van der Waals surface area contributed by atoms with Crippen LogP contribution in [0.2, 0.25) is 10.0 Å². The Bertz CT molecular complexity index is 426. The van der Waals surface area contributed by atoms with Crippen LogP contribution >= 0.6 is 23.2 Å². The van der Waals surface area contributed by atoms with Crippen LogP contribution in [-0.2, 0) is 6.54 Å². The molecule has 2 N–H and O–H groups in total. The van der Waals surface area contributed by atoms with Crippen LogP contribution in [0, 0.1) is 0 Å². The summed E-state index contributed by atoms with van der Waals surface area (Å²) in [6, 6.07) is 3.16. The summed E-state index contributed by atoms with van der Waals surface area (Å²) in [5.41, 5.74) is 0.759. The Morgan fingerprint density at radius 3 is 2.78 bits per heavy atom. The molecule has 1 aliphatic rings. The summed E-state index contributed by atoms with van der Waals surface area (Å²) in [5, 5.41) is 20.1. The molecule has 0 saturated carbocycles. The summed E-state index contributed by atoms with van der Waals surface area (Å²) in [5.74, 6) is 0.0610. The molecule has 100 valence electrons. The van der Waals surface area contributed by atoms with Crippen molar-refractivity contribution >= 4 is 23.2 Å². The van der Waals surface area contributed by atoms with Crippen molar-refractivity contribution < 1.29 is 10.2 Å². The summed E-state index contributed by atoms with van der Waals surface area (Å²) < 4.78 is 0. The Kier molecular flexibility index (Phi) is 4.73. The van der Waals surface area contributed by atoms with Gasteiger partial charge in [-0.1, -0.05) is 23.2 Å². The predicted molar refractivity (Wildman–Crippen MR) is 73.3 cm³/mol. The molecule has 1 aromatic rings. The molecular formula is C13H17Cl2NO2. The second-order valence-electron chi connectivity index (χ2n) is 4.72. The fourth-order valence-corrected chi connectivity index (χ4v) is 2.74. The molecule has 0 aliphatic carbocycles. The second-order valence-corrected chi connectivity index (χ2v) is 5.51. The first-order valence-corrected chi connectivity index (χ1v) is 6.90. The van der Waals surface area contributed by atoms with Gasteiger partial charge in [0.25, 0.3) is 0 Å². The Morgan fingerprint density at radius 1 is 1.22 bits per heavy atom. The highest BCUT2D eigenvalue weighted by molar-refractivity contribution is 6.36. The second kappa shape index (κ2) is 6.11. The zero-order valence-electron chi connectivity index (χ0n) is 10.1. The van der Waals surface area contributed by atoms with E-state index in [-0.39, 0.29) is 11.9 Å². The third-order valence-corrected chi connectivity index (χ3v) is 4.11. The van der Waals surface area contributed by atoms with E-state index in [1.165, 1.54) is 6.07 Å². The number of aliphatic hydroxyl groups is 1. The SMILES string of the molecule is Oc1ccc(Cl)c(CN2CCC[C@H](O)CC2)c1Cl. The summed E-state index contributed by atoms with van der Waals surface area (Å²) in [6.07, 6.45) is 2.38. The Hall–Kier alpha value is -0.480. The third kappa shape index (κ3) is 3.29. The maximum Gasteiger partial charge on any atom is 0.134 e. The number of phenols is 1. The number of benzene rings is 1. The third-order valence-electron chi connectivity index (χ3n) is 3.34. The minimum Gasteiger partial charge on any atom is -0.506 e. The first-order valence-electron chi connectivity index (χ1n) is 6.14. The van der Waals surface area contributed by atoms with Crippen molar-refractivity contribution in [2.45, 2.75) is 31.9 Å². The molecule has 1 heterocycles. The molecule has 5 heteroatoms. The van der Waals surface area contributed by atoms with Gasteiger partial charge in [0, 0.05) is 23.7 Å². The number of hydrogen-bond acceptors (Lipinski definition) is 3. The molecular weight excluding hydrogens is 273 g/mol. The Balaban J connectivity index is 2.11. The number of likely N-dealkylation sites (tertiary alicyclic amines) is 1. The van der Waals surface area contributed by atoms with Gasteiger partial charge in [-0.05, 0) is 37.9 Å². The number of aromatic hydroxyl groups is 1. The monoisotopic (exact) mass is 289 g/mol. The van der Waals surface area contributed by atoms with Gasteiger partial charge < -0.3 is 10.2 Å². The van der Waals surface area contributed by atoms with Crippen LogP contribution in [0.15, 0.2) is 12.1 Å². The highest BCUT2D eigenvalue weighted by atomic mass is 35.5. The molecule has 0 spiro atoms. The van der Waals surface area contributed by atoms with Crippen LogP contribution in [0.5, 0.6) is 5.75 Å². The van der Waals surface area contributed by atoms with Gasteiger partial charge in [-0.3, -0.25) is 4.90 Å². The van der Waals surface area contributed by atoms with E-state index in [9.17, 15) is 10.2 Å². The van der Waals surface area contributed by atoms with Gasteiger partial charge in [-0.15, -0.1) is 0 Å². The van der Waals surface area contributed by atoms with Crippen molar-refractivity contribution in [3.63, 3.8) is 0 Å². The number of nitrogens with zero attached hydrogens (tertiary/aromatic N) is 1. The molecule has 1 aromatic carbocycles. The van der Waals surface area contributed by atoms with E-state index in [4.69, 9.17) is 23.2 Å². The van der Waals surface area contributed by atoms with E-state index in [2.05, 4.69) is 4.90 Å². The summed E-state index contributed by atoms with van der Waals surface area (Å²) in [7, 11) is 0. The molecule has 0 amide bonds. The Morgan fingerprint density at radius 2 is 2.00 bits per heavy atom. The van der Waals surface area contributed by atoms with E-state index in [1.807, 2.05) is 0 Å². The molecule has 1 fully saturated rings. The summed E-state index contributed by atoms with van der Waals surface area (Å²) in [4.78, 5) is 2.21. The largest absolute Gasteiger partial charge is 0.506 e. The van der Waals surface area contributed by atoms with Crippen LogP contribution in [0.3, 0.4) is 0 Å². The zero-order valence-corrected chi connectivity index (χ0v) is 11.6. The van der Waals surface area contributed by atoms with Crippen molar-refractivity contribution in [2.24, 2.45) is 0 Å². The fourth-order valence-electron chi connectivity index (χ4n) is 2.25. The van der Waals surface area contributed by atoms with Gasteiger partial charge in [-0.2, -0.15) is 0 Å². The molecule has 3 nitrogen and oxygen atoms in total. The Labute approximate surface area is 117 Å². The molecule has 1 atom stereocenters. The van der Waals surface area contributed by atoms with Crippen LogP contribution in [0.1, 0.15) is 24.8 Å². The van der Waals surface area contributed by atoms with E-state index in [1.54, 1.807) is 6.07 Å². The van der Waals surface area contributed by atoms with Gasteiger partial charge in [-0.25, -0.2) is 0 Å². The fraction of sp³-hybridized carbons (Fsp3) is 0.538. The lowest BCUT2D eigenvalue weighted by Crippen LogP contribution is -2.25. The average Bonchev–Trinajstić information content (AvgIpc) is 2.55. The molecule has 0 unspecified atom stereocenters. The molecule has 0 bridgehead atoms. The topological polar surface area (TPSA) is 43.7 Å². The van der Waals surface area contributed by atoms with Crippen molar-refractivity contribution in [1.82, 2.24) is 4.90 Å². The van der Waals surface area contributed by atoms with E-state index >= 15 is 0 Å². The molecule has 1 saturated heterocycles. The smallest absolute Gasteiger partial charge is 0.134 e. The number of rotatable bonds is 2. The average molecular weight is 290 g/mol. The van der Waals surface area contributed by atoms with Crippen LogP contribution in [-0.4, -0.2) is 34.3 Å². The summed E-state index contributed by atoms with van der Waals surface area (Å²) >= 11 is 12.2. The highest BCUT2D eigenvalue weighted by Crippen LogP contribution is 2.33. The number of phenolic OH excluding ortho intramolecular Hbond substituents is 1. The normalized spacial score (nSPS) is 21.8. The molecule has 0 radical (unpaired) electrons. The molecule has 2 rings (SSSR count). The zero-order chi connectivity index (χ0) is 13.1. The maximum atomic E-state index is 9.61. The van der Waals surface area contributed by atoms with Gasteiger partial charge in [0.2, 0.25) is 0 Å². The van der Waals surface area contributed by atoms with Crippen molar-refractivity contribution in [3.05, 3.63) is 27.7 Å². The van der Waals surface area contributed by atoms with E-state index < -0.39 is 0 Å². The van der Waals surface area contributed by atoms with Gasteiger partial charge >= 0.3 is 0 Å².